The van der Waals surface area contributed by atoms with Crippen LogP contribution in [0.3, 0.4) is 0 Å². The molecular formula is C45H52N4O12. The number of unbranched alkanes of at least 4 members (excludes halogenated alkanes) is 2. The standard InChI is InChI=1S/C45H52N4O12/c1-4-24-57-35-20-21-40-38(27-35)42-36(11-7-9-23-51)31(10-6-8-22-50)26-37-39(46-59-29-30-12-14-32(15-13-30)48(53)54)28-41(45(61-40,43(37)42)58-25-5-2)47(3)44(52)60-34-18-16-33(17-19-34)49(55)56/h4-5,12-21,26-27,31,36,41-43,50-51H,1-2,6-11,22-25,28-29H2,3H3. The Morgan fingerprint density at radius 2 is 1.56 bits per heavy atom. The second kappa shape index (κ2) is 20.4. The highest BCUT2D eigenvalue weighted by Gasteiger charge is 2.65. The lowest BCUT2D eigenvalue weighted by Crippen LogP contribution is -2.69. The molecule has 3 aromatic rings. The van der Waals surface area contributed by atoms with E-state index in [0.29, 0.717) is 35.6 Å². The summed E-state index contributed by atoms with van der Waals surface area (Å²) in [6.45, 7) is 8.15. The Morgan fingerprint density at radius 3 is 2.20 bits per heavy atom. The summed E-state index contributed by atoms with van der Waals surface area (Å²) < 4.78 is 25.8. The van der Waals surface area contributed by atoms with Gasteiger partial charge in [-0.25, -0.2) is 4.79 Å². The summed E-state index contributed by atoms with van der Waals surface area (Å²) in [6.07, 6.45) is 8.97. The van der Waals surface area contributed by atoms with Gasteiger partial charge in [-0.15, -0.1) is 6.58 Å². The van der Waals surface area contributed by atoms with Crippen molar-refractivity contribution in [2.24, 2.45) is 22.9 Å². The van der Waals surface area contributed by atoms with Crippen LogP contribution in [0.5, 0.6) is 17.2 Å². The van der Waals surface area contributed by atoms with Crippen molar-refractivity contribution < 1.29 is 48.6 Å². The predicted molar refractivity (Wildman–Crippen MR) is 225 cm³/mol. The van der Waals surface area contributed by atoms with Crippen LogP contribution in [-0.4, -0.2) is 82.1 Å². The van der Waals surface area contributed by atoms with E-state index in [0.717, 1.165) is 36.8 Å². The van der Waals surface area contributed by atoms with Crippen LogP contribution < -0.4 is 14.2 Å². The van der Waals surface area contributed by atoms with Crippen molar-refractivity contribution in [3.05, 3.63) is 135 Å². The smallest absolute Gasteiger partial charge is 0.415 e. The van der Waals surface area contributed by atoms with Gasteiger partial charge in [0, 0.05) is 62.4 Å². The van der Waals surface area contributed by atoms with Crippen molar-refractivity contribution in [3.63, 3.8) is 0 Å². The third-order valence-electron chi connectivity index (χ3n) is 11.6. The van der Waals surface area contributed by atoms with Gasteiger partial charge in [0.25, 0.3) is 11.4 Å². The molecule has 6 rings (SSSR count). The number of oxime groups is 1. The lowest BCUT2D eigenvalue weighted by atomic mass is 9.55. The summed E-state index contributed by atoms with van der Waals surface area (Å²) in [4.78, 5) is 43.2. The minimum Gasteiger partial charge on any atom is -0.490 e. The van der Waals surface area contributed by atoms with E-state index in [9.17, 15) is 35.2 Å². The Bertz CT molecular complexity index is 2110. The van der Waals surface area contributed by atoms with Crippen molar-refractivity contribution in [2.75, 3.05) is 33.5 Å². The number of carbonyl (C=O) groups excluding carboxylic acids is 1. The highest BCUT2D eigenvalue weighted by molar-refractivity contribution is 6.03. The number of ether oxygens (including phenoxy) is 4. The molecule has 0 saturated heterocycles. The molecule has 1 saturated carbocycles. The summed E-state index contributed by atoms with van der Waals surface area (Å²) in [5.74, 6) is -1.25. The quantitative estimate of drug-likeness (QED) is 0.0453. The van der Waals surface area contributed by atoms with Gasteiger partial charge >= 0.3 is 6.09 Å². The molecule has 1 fully saturated rings. The number of fused-ring (bicyclic) bond motifs is 2. The highest BCUT2D eigenvalue weighted by Crippen LogP contribution is 2.61. The third-order valence-corrected chi connectivity index (χ3v) is 11.6. The number of hydrogen-bond donors (Lipinski definition) is 2. The van der Waals surface area contributed by atoms with Gasteiger partial charge in [0.15, 0.2) is 0 Å². The van der Waals surface area contributed by atoms with E-state index in [1.807, 2.05) is 18.2 Å². The van der Waals surface area contributed by atoms with Crippen molar-refractivity contribution >= 4 is 23.2 Å². The number of allylic oxidation sites excluding steroid dienone is 1. The summed E-state index contributed by atoms with van der Waals surface area (Å²) in [6, 6.07) is 15.9. The first kappa shape index (κ1) is 44.5. The molecule has 324 valence electrons. The van der Waals surface area contributed by atoms with Gasteiger partial charge in [-0.05, 0) is 91.1 Å². The van der Waals surface area contributed by atoms with Crippen LogP contribution in [0.15, 0.2) is 109 Å². The summed E-state index contributed by atoms with van der Waals surface area (Å²) >= 11 is 0. The fraction of sp³-hybridized carbons (Fsp3) is 0.422. The number of nitro benzene ring substituents is 2. The highest BCUT2D eigenvalue weighted by atomic mass is 16.7. The monoisotopic (exact) mass is 840 g/mol. The van der Waals surface area contributed by atoms with E-state index in [-0.39, 0.29) is 74.3 Å². The molecule has 2 N–H and O–H groups in total. The molecule has 0 radical (unpaired) electrons. The first-order chi connectivity index (χ1) is 29.5. The Balaban J connectivity index is 1.51. The minimum absolute atomic E-state index is 0.00326. The zero-order valence-electron chi connectivity index (χ0n) is 34.1. The molecule has 6 atom stereocenters. The Kier molecular flexibility index (Phi) is 14.9. The third kappa shape index (κ3) is 9.93. The fourth-order valence-electron chi connectivity index (χ4n) is 8.81. The number of nitrogens with zero attached hydrogens (tertiary/aromatic N) is 4. The first-order valence-corrected chi connectivity index (χ1v) is 20.4. The maximum Gasteiger partial charge on any atom is 0.415 e. The number of aliphatic hydroxyl groups excluding tert-OH is 2. The normalized spacial score (nSPS) is 23.0. The van der Waals surface area contributed by atoms with Crippen molar-refractivity contribution in [1.82, 2.24) is 4.90 Å². The first-order valence-electron chi connectivity index (χ1n) is 20.4. The average molecular weight is 841 g/mol. The zero-order chi connectivity index (χ0) is 43.5. The van der Waals surface area contributed by atoms with Gasteiger partial charge in [0.05, 0.1) is 28.1 Å². The molecule has 61 heavy (non-hydrogen) atoms. The number of non-ortho nitro benzene ring substituents is 2. The van der Waals surface area contributed by atoms with Crippen LogP contribution >= 0.6 is 0 Å². The maximum absolute atomic E-state index is 14.2. The van der Waals surface area contributed by atoms with E-state index in [1.165, 1.54) is 41.3 Å². The van der Waals surface area contributed by atoms with E-state index >= 15 is 0 Å². The molecule has 0 bridgehead atoms. The van der Waals surface area contributed by atoms with Crippen LogP contribution in [0, 0.1) is 38.0 Å². The summed E-state index contributed by atoms with van der Waals surface area (Å²) in [5, 5.41) is 47.0. The molecule has 0 spiro atoms. The molecule has 1 heterocycles. The number of amides is 1. The molecule has 6 unspecified atom stereocenters. The lowest BCUT2D eigenvalue weighted by molar-refractivity contribution is -0.385. The Hall–Kier alpha value is -6.10. The van der Waals surface area contributed by atoms with Crippen molar-refractivity contribution in [3.8, 4) is 17.2 Å². The van der Waals surface area contributed by atoms with Gasteiger partial charge in [-0.1, -0.05) is 42.8 Å². The van der Waals surface area contributed by atoms with Gasteiger partial charge in [-0.2, -0.15) is 0 Å². The van der Waals surface area contributed by atoms with Crippen LogP contribution in [-0.2, 0) is 16.2 Å². The maximum atomic E-state index is 14.2. The minimum atomic E-state index is -1.55. The Labute approximate surface area is 354 Å². The molecular weight excluding hydrogens is 789 g/mol. The van der Waals surface area contributed by atoms with Crippen LogP contribution in [0.2, 0.25) is 0 Å². The molecule has 0 aromatic heterocycles. The largest absolute Gasteiger partial charge is 0.490 e. The average Bonchev–Trinajstić information content (AvgIpc) is 3.26. The fourth-order valence-corrected chi connectivity index (χ4v) is 8.81. The van der Waals surface area contributed by atoms with E-state index in [4.69, 9.17) is 28.9 Å². The lowest BCUT2D eigenvalue weighted by Gasteiger charge is -2.59. The van der Waals surface area contributed by atoms with E-state index in [1.54, 1.807) is 31.3 Å². The molecule has 1 amide bonds. The molecule has 3 aromatic carbocycles. The molecule has 2 aliphatic carbocycles. The number of benzene rings is 3. The number of aliphatic hydroxyl groups is 2. The molecule has 3 aliphatic rings. The number of hydrogen-bond acceptors (Lipinski definition) is 13. The van der Waals surface area contributed by atoms with E-state index < -0.39 is 33.7 Å². The predicted octanol–water partition coefficient (Wildman–Crippen LogP) is 8.03. The second-order valence-corrected chi connectivity index (χ2v) is 15.3. The number of rotatable bonds is 21. The topological polar surface area (TPSA) is 206 Å². The number of carbonyl (C=O) groups is 1. The molecule has 1 aliphatic heterocycles. The van der Waals surface area contributed by atoms with Gasteiger partial charge in [0.1, 0.15) is 36.5 Å². The SMILES string of the molecule is C=CCOc1ccc2c(c1)C1C(CCCCO)C(CCCCO)C=C3C(=NOCc4ccc([N+](=O)[O-])cc4)CC(N(C)C(=O)Oc4ccc([N+](=O)[O-])cc4)C(OCC=C)(O2)C31. The summed E-state index contributed by atoms with van der Waals surface area (Å²) in [5.41, 5.74) is 2.64. The van der Waals surface area contributed by atoms with Crippen molar-refractivity contribution in [2.45, 2.75) is 69.3 Å². The van der Waals surface area contributed by atoms with Gasteiger partial charge < -0.3 is 38.9 Å². The second-order valence-electron chi connectivity index (χ2n) is 15.3. The van der Waals surface area contributed by atoms with Gasteiger partial charge in [0.2, 0.25) is 5.79 Å². The van der Waals surface area contributed by atoms with Crippen LogP contribution in [0.4, 0.5) is 16.2 Å². The van der Waals surface area contributed by atoms with Crippen molar-refractivity contribution in [1.29, 1.82) is 0 Å². The Morgan fingerprint density at radius 1 is 0.918 bits per heavy atom. The molecule has 16 heteroatoms. The number of nitro groups is 2. The number of likely N-dealkylation sites (N-methyl/N-ethyl adjacent to an activating group) is 1. The van der Waals surface area contributed by atoms with E-state index in [2.05, 4.69) is 19.2 Å². The summed E-state index contributed by atoms with van der Waals surface area (Å²) in [7, 11) is 1.57. The zero-order valence-corrected chi connectivity index (χ0v) is 34.1. The van der Waals surface area contributed by atoms with Crippen LogP contribution in [0.1, 0.15) is 62.0 Å². The van der Waals surface area contributed by atoms with Crippen LogP contribution in [0.25, 0.3) is 0 Å². The van der Waals surface area contributed by atoms with Gasteiger partial charge in [-0.3, -0.25) is 20.2 Å². The molecule has 16 nitrogen and oxygen atoms in total.